The van der Waals surface area contributed by atoms with Crippen molar-refractivity contribution >= 4 is 83.8 Å². The molecule has 11 aromatic rings. The van der Waals surface area contributed by atoms with Crippen LogP contribution in [0, 0.1) is 0 Å². The smallest absolute Gasteiger partial charge is 0.252 e. The van der Waals surface area contributed by atoms with Crippen molar-refractivity contribution < 1.29 is 0 Å². The van der Waals surface area contributed by atoms with E-state index in [4.69, 9.17) is 0 Å². The highest BCUT2D eigenvalue weighted by Gasteiger charge is 2.43. The van der Waals surface area contributed by atoms with Crippen LogP contribution in [0.5, 0.6) is 0 Å². The molecule has 0 unspecified atom stereocenters. The van der Waals surface area contributed by atoms with E-state index in [2.05, 4.69) is 250 Å². The van der Waals surface area contributed by atoms with Gasteiger partial charge in [-0.25, -0.2) is 0 Å². The summed E-state index contributed by atoms with van der Waals surface area (Å²) in [6.07, 6.45) is 0. The molecule has 0 saturated heterocycles. The fraction of sp³-hybridized carbons (Fsp3) is 0.129. The lowest BCUT2D eigenvalue weighted by atomic mass is 9.33. The zero-order valence-corrected chi connectivity index (χ0v) is 38.4. The van der Waals surface area contributed by atoms with Gasteiger partial charge in [0.15, 0.2) is 0 Å². The average Bonchev–Trinajstić information content (AvgIpc) is 3.85. The first kappa shape index (κ1) is 38.9. The van der Waals surface area contributed by atoms with Crippen molar-refractivity contribution in [3.05, 3.63) is 205 Å². The number of rotatable bonds is 4. The minimum atomic E-state index is -0.0382. The molecule has 4 heteroatoms. The van der Waals surface area contributed by atoms with Gasteiger partial charge in [0, 0.05) is 49.8 Å². The van der Waals surface area contributed by atoms with Crippen molar-refractivity contribution in [2.24, 2.45) is 0 Å². The SMILES string of the molecule is CC(C)(C)c1ccc2c3ccc(C(C)(C)C)cc3n(-c3cc4c5c(c3)-n3c6ccccc6c6cc(-c7ccccc7)cc(c63)B5c3cc(-c5ccccc5)ccc3N4c3ccccc3)c2c1. The van der Waals surface area contributed by atoms with E-state index in [1.54, 1.807) is 0 Å². The van der Waals surface area contributed by atoms with E-state index in [1.165, 1.54) is 110 Å². The Bertz CT molecular complexity index is 3700. The van der Waals surface area contributed by atoms with Crippen LogP contribution >= 0.6 is 0 Å². The van der Waals surface area contributed by atoms with Gasteiger partial charge in [0.25, 0.3) is 6.71 Å². The molecule has 9 aromatic carbocycles. The summed E-state index contributed by atoms with van der Waals surface area (Å²) < 4.78 is 5.19. The molecular weight excluding hydrogens is 798 g/mol. The molecule has 2 aliphatic rings. The molecule has 2 aliphatic heterocycles. The zero-order chi connectivity index (χ0) is 44.6. The maximum absolute atomic E-state index is 2.61. The van der Waals surface area contributed by atoms with Gasteiger partial charge in [-0.2, -0.15) is 0 Å². The molecule has 0 radical (unpaired) electrons. The number of anilines is 3. The lowest BCUT2D eigenvalue weighted by Crippen LogP contribution is -2.60. The van der Waals surface area contributed by atoms with Crippen molar-refractivity contribution in [3.63, 3.8) is 0 Å². The minimum absolute atomic E-state index is 0.0223. The third-order valence-corrected chi connectivity index (χ3v) is 14.6. The first-order valence-corrected chi connectivity index (χ1v) is 23.5. The van der Waals surface area contributed by atoms with Crippen LogP contribution in [0.2, 0.25) is 0 Å². The van der Waals surface area contributed by atoms with Crippen LogP contribution in [-0.4, -0.2) is 15.8 Å². The summed E-state index contributed by atoms with van der Waals surface area (Å²) in [4.78, 5) is 2.55. The van der Waals surface area contributed by atoms with E-state index in [9.17, 15) is 0 Å². The number of benzene rings is 9. The Morgan fingerprint density at radius 1 is 0.348 bits per heavy atom. The van der Waals surface area contributed by atoms with E-state index < -0.39 is 0 Å². The Kier molecular flexibility index (Phi) is 8.23. The second-order valence-electron chi connectivity index (χ2n) is 20.6. The molecule has 3 nitrogen and oxygen atoms in total. The van der Waals surface area contributed by atoms with Crippen LogP contribution in [0.25, 0.3) is 77.2 Å². The molecule has 0 bridgehead atoms. The standard InChI is InChI=1S/C62H50BN3/c1-61(2,3)43-27-29-48-49-30-28-44(62(4,5)6)36-56(49)65(55(48)35-43)46-37-57-59-58(38-46)66-53-25-17-16-24-47(53)50-32-42(40-20-12-8-13-21-40)34-52(60(50)66)63(59)51-33-41(39-18-10-7-11-19-39)26-31-54(51)64(57)45-22-14-9-15-23-45/h7-38H,1-6H3. The summed E-state index contributed by atoms with van der Waals surface area (Å²) in [5.74, 6) is 0. The highest BCUT2D eigenvalue weighted by molar-refractivity contribution is 7.00. The minimum Gasteiger partial charge on any atom is -0.311 e. The largest absolute Gasteiger partial charge is 0.311 e. The number of aromatic nitrogens is 2. The Morgan fingerprint density at radius 3 is 1.53 bits per heavy atom. The van der Waals surface area contributed by atoms with Crippen LogP contribution in [0.3, 0.4) is 0 Å². The summed E-state index contributed by atoms with van der Waals surface area (Å²) in [6.45, 7) is 13.9. The second-order valence-corrected chi connectivity index (χ2v) is 20.6. The first-order chi connectivity index (χ1) is 32.0. The number of para-hydroxylation sites is 2. The summed E-state index contributed by atoms with van der Waals surface area (Å²) in [6, 6.07) is 73.4. The molecule has 0 fully saturated rings. The molecule has 13 rings (SSSR count). The van der Waals surface area contributed by atoms with Gasteiger partial charge in [0.1, 0.15) is 0 Å². The highest BCUT2D eigenvalue weighted by Crippen LogP contribution is 2.46. The fourth-order valence-corrected chi connectivity index (χ4v) is 11.3. The Morgan fingerprint density at radius 2 is 0.894 bits per heavy atom. The van der Waals surface area contributed by atoms with Crippen molar-refractivity contribution in [2.45, 2.75) is 52.4 Å². The molecule has 0 aliphatic carbocycles. The molecule has 0 saturated carbocycles. The van der Waals surface area contributed by atoms with Crippen LogP contribution in [-0.2, 0) is 10.8 Å². The van der Waals surface area contributed by atoms with Gasteiger partial charge in [-0.1, -0.05) is 181 Å². The highest BCUT2D eigenvalue weighted by atomic mass is 15.2. The van der Waals surface area contributed by atoms with Crippen molar-refractivity contribution in [3.8, 4) is 33.6 Å². The topological polar surface area (TPSA) is 13.1 Å². The van der Waals surface area contributed by atoms with Gasteiger partial charge >= 0.3 is 0 Å². The fourth-order valence-electron chi connectivity index (χ4n) is 11.3. The molecule has 316 valence electrons. The monoisotopic (exact) mass is 847 g/mol. The summed E-state index contributed by atoms with van der Waals surface area (Å²) >= 11 is 0. The lowest BCUT2D eigenvalue weighted by molar-refractivity contribution is 0.591. The quantitative estimate of drug-likeness (QED) is 0.161. The molecule has 0 atom stereocenters. The molecule has 0 N–H and O–H groups in total. The summed E-state index contributed by atoms with van der Waals surface area (Å²) in [5.41, 5.74) is 22.4. The van der Waals surface area contributed by atoms with Crippen LogP contribution in [0.15, 0.2) is 194 Å². The van der Waals surface area contributed by atoms with Crippen molar-refractivity contribution in [1.29, 1.82) is 0 Å². The van der Waals surface area contributed by atoms with Gasteiger partial charge in [-0.05, 0) is 115 Å². The number of hydrogen-bond donors (Lipinski definition) is 0. The molecule has 4 heterocycles. The van der Waals surface area contributed by atoms with Gasteiger partial charge in [0.05, 0.1) is 22.2 Å². The zero-order valence-electron chi connectivity index (χ0n) is 38.4. The first-order valence-electron chi connectivity index (χ1n) is 23.5. The Balaban J connectivity index is 1.21. The second kappa shape index (κ2) is 14.0. The molecule has 0 spiro atoms. The molecule has 2 aromatic heterocycles. The van der Waals surface area contributed by atoms with Gasteiger partial charge < -0.3 is 14.0 Å². The normalized spacial score (nSPS) is 13.2. The van der Waals surface area contributed by atoms with E-state index in [-0.39, 0.29) is 17.5 Å². The van der Waals surface area contributed by atoms with Crippen LogP contribution in [0.4, 0.5) is 17.1 Å². The average molecular weight is 848 g/mol. The number of nitrogens with zero attached hydrogens (tertiary/aromatic N) is 3. The van der Waals surface area contributed by atoms with Crippen LogP contribution in [0.1, 0.15) is 52.7 Å². The van der Waals surface area contributed by atoms with E-state index in [0.717, 1.165) is 11.4 Å². The van der Waals surface area contributed by atoms with Gasteiger partial charge in [-0.15, -0.1) is 0 Å². The molecule has 66 heavy (non-hydrogen) atoms. The van der Waals surface area contributed by atoms with E-state index >= 15 is 0 Å². The predicted molar refractivity (Wildman–Crippen MR) is 283 cm³/mol. The van der Waals surface area contributed by atoms with Crippen LogP contribution < -0.4 is 21.3 Å². The van der Waals surface area contributed by atoms with E-state index in [0.29, 0.717) is 0 Å². The van der Waals surface area contributed by atoms with E-state index in [1.807, 2.05) is 0 Å². The Hall–Kier alpha value is -7.56. The molecule has 0 amide bonds. The predicted octanol–water partition coefficient (Wildman–Crippen LogP) is 14.4. The van der Waals surface area contributed by atoms with Gasteiger partial charge in [-0.3, -0.25) is 0 Å². The maximum Gasteiger partial charge on any atom is 0.252 e. The molecular formula is C62H50BN3. The third-order valence-electron chi connectivity index (χ3n) is 14.6. The van der Waals surface area contributed by atoms with Gasteiger partial charge in [0.2, 0.25) is 0 Å². The van der Waals surface area contributed by atoms with Crippen molar-refractivity contribution in [1.82, 2.24) is 9.13 Å². The third kappa shape index (κ3) is 5.70. The lowest BCUT2D eigenvalue weighted by Gasteiger charge is -2.41. The Labute approximate surface area is 387 Å². The maximum atomic E-state index is 2.61. The van der Waals surface area contributed by atoms with Crippen molar-refractivity contribution in [2.75, 3.05) is 4.90 Å². The number of hydrogen-bond acceptors (Lipinski definition) is 1. The summed E-state index contributed by atoms with van der Waals surface area (Å²) in [5, 5.41) is 5.10. The summed E-state index contributed by atoms with van der Waals surface area (Å²) in [7, 11) is 0. The number of fused-ring (bicyclic) bond motifs is 10.